The normalized spacial score (nSPS) is 10.1. The van der Waals surface area contributed by atoms with Crippen LogP contribution >= 0.6 is 23.2 Å². The molecule has 0 spiro atoms. The lowest BCUT2D eigenvalue weighted by molar-refractivity contribution is 0.353. The first-order valence-corrected chi connectivity index (χ1v) is 3.79. The molecular formula is C7H6Cl2O2. The molecule has 0 aliphatic carbocycles. The second kappa shape index (κ2) is 3.69. The van der Waals surface area contributed by atoms with Crippen molar-refractivity contribution in [2.45, 2.75) is 5.02 Å². The van der Waals surface area contributed by atoms with Gasteiger partial charge in [0.05, 0.1) is 0 Å². The molecule has 0 fully saturated rings. The van der Waals surface area contributed by atoms with Crippen molar-refractivity contribution in [3.8, 4) is 11.5 Å². The molecule has 0 radical (unpaired) electrons. The van der Waals surface area contributed by atoms with Gasteiger partial charge in [0.2, 0.25) is 5.02 Å². The molecule has 4 heteroatoms. The summed E-state index contributed by atoms with van der Waals surface area (Å²) in [5, 5.41) is 7.99. The summed E-state index contributed by atoms with van der Waals surface area (Å²) in [4.78, 5) is 0. The van der Waals surface area contributed by atoms with E-state index < -0.39 is 5.02 Å². The molecule has 0 aliphatic heterocycles. The van der Waals surface area contributed by atoms with Gasteiger partial charge in [-0.2, -0.15) is 0 Å². The first-order chi connectivity index (χ1) is 5.18. The lowest BCUT2D eigenvalue weighted by Crippen LogP contribution is -1.98. The lowest BCUT2D eigenvalue weighted by Gasteiger charge is -2.04. The minimum atomic E-state index is -0.875. The van der Waals surface area contributed by atoms with Crippen molar-refractivity contribution in [2.75, 3.05) is 0 Å². The van der Waals surface area contributed by atoms with Crippen LogP contribution in [0.25, 0.3) is 0 Å². The molecular weight excluding hydrogens is 187 g/mol. The third-order valence-corrected chi connectivity index (χ3v) is 1.24. The molecule has 1 aromatic rings. The Bertz CT molecular complexity index is 220. The zero-order valence-corrected chi connectivity index (χ0v) is 7.01. The van der Waals surface area contributed by atoms with Crippen molar-refractivity contribution in [3.63, 3.8) is 0 Å². The van der Waals surface area contributed by atoms with Gasteiger partial charge in [0.15, 0.2) is 0 Å². The summed E-state index contributed by atoms with van der Waals surface area (Å²) >= 11 is 10.7. The van der Waals surface area contributed by atoms with E-state index in [0.29, 0.717) is 5.75 Å². The van der Waals surface area contributed by atoms with Crippen LogP contribution in [0.2, 0.25) is 0 Å². The van der Waals surface area contributed by atoms with Gasteiger partial charge >= 0.3 is 0 Å². The topological polar surface area (TPSA) is 29.5 Å². The monoisotopic (exact) mass is 192 g/mol. The van der Waals surface area contributed by atoms with Crippen LogP contribution in [0.3, 0.4) is 0 Å². The summed E-state index contributed by atoms with van der Waals surface area (Å²) in [6, 6.07) is 6.14. The Labute approximate surface area is 74.3 Å². The van der Waals surface area contributed by atoms with Gasteiger partial charge < -0.3 is 9.84 Å². The number of phenolic OH excluding ortho intramolecular Hbond substituents is 1. The number of alkyl halides is 2. The molecule has 0 aliphatic rings. The Morgan fingerprint density at radius 2 is 1.73 bits per heavy atom. The smallest absolute Gasteiger partial charge is 0.247 e. The van der Waals surface area contributed by atoms with Crippen molar-refractivity contribution >= 4 is 23.2 Å². The quantitative estimate of drug-likeness (QED) is 0.731. The van der Waals surface area contributed by atoms with E-state index in [1.54, 1.807) is 12.1 Å². The highest BCUT2D eigenvalue weighted by atomic mass is 35.5. The molecule has 0 saturated heterocycles. The third-order valence-electron chi connectivity index (χ3n) is 1.06. The Balaban J connectivity index is 2.66. The predicted molar refractivity (Wildman–Crippen MR) is 44.2 cm³/mol. The second-order valence-corrected chi connectivity index (χ2v) is 2.89. The standard InChI is InChI=1S/C7H6Cl2O2/c8-7(9)11-6-3-1-5(10)2-4-6/h1-4,7,10H. The van der Waals surface area contributed by atoms with Crippen molar-refractivity contribution < 1.29 is 9.84 Å². The van der Waals surface area contributed by atoms with Crippen molar-refractivity contribution in [3.05, 3.63) is 24.3 Å². The van der Waals surface area contributed by atoms with E-state index in [1.165, 1.54) is 12.1 Å². The molecule has 0 aromatic heterocycles. The minimum Gasteiger partial charge on any atom is -0.508 e. The fraction of sp³-hybridized carbons (Fsp3) is 0.143. The lowest BCUT2D eigenvalue weighted by atomic mass is 10.3. The first kappa shape index (κ1) is 8.50. The van der Waals surface area contributed by atoms with Gasteiger partial charge in [-0.3, -0.25) is 0 Å². The van der Waals surface area contributed by atoms with Gasteiger partial charge in [-0.15, -0.1) is 0 Å². The van der Waals surface area contributed by atoms with Gasteiger partial charge in [0, 0.05) is 0 Å². The molecule has 11 heavy (non-hydrogen) atoms. The Morgan fingerprint density at radius 3 is 2.18 bits per heavy atom. The van der Waals surface area contributed by atoms with Crippen LogP contribution in [-0.2, 0) is 0 Å². The van der Waals surface area contributed by atoms with Gasteiger partial charge in [-0.1, -0.05) is 23.2 Å². The number of ether oxygens (including phenoxy) is 1. The number of hydrogen-bond acceptors (Lipinski definition) is 2. The maximum Gasteiger partial charge on any atom is 0.247 e. The summed E-state index contributed by atoms with van der Waals surface area (Å²) < 4.78 is 4.89. The number of phenols is 1. The summed E-state index contributed by atoms with van der Waals surface area (Å²) in [6.45, 7) is 0. The van der Waals surface area contributed by atoms with Crippen LogP contribution in [0, 0.1) is 0 Å². The Morgan fingerprint density at radius 1 is 1.18 bits per heavy atom. The molecule has 0 saturated carbocycles. The fourth-order valence-electron chi connectivity index (χ4n) is 0.628. The third kappa shape index (κ3) is 2.87. The first-order valence-electron chi connectivity index (χ1n) is 2.92. The average Bonchev–Trinajstić information content (AvgIpc) is 1.93. The summed E-state index contributed by atoms with van der Waals surface area (Å²) in [7, 11) is 0. The maximum atomic E-state index is 8.87. The zero-order valence-electron chi connectivity index (χ0n) is 5.50. The van der Waals surface area contributed by atoms with E-state index in [-0.39, 0.29) is 5.75 Å². The highest BCUT2D eigenvalue weighted by Gasteiger charge is 1.99. The summed E-state index contributed by atoms with van der Waals surface area (Å²) in [5.74, 6) is 0.704. The highest BCUT2D eigenvalue weighted by molar-refractivity contribution is 6.43. The molecule has 0 amide bonds. The molecule has 1 aromatic carbocycles. The number of halogens is 2. The van der Waals surface area contributed by atoms with E-state index in [1.807, 2.05) is 0 Å². The molecule has 0 bridgehead atoms. The molecule has 0 atom stereocenters. The van der Waals surface area contributed by atoms with Crippen molar-refractivity contribution in [1.29, 1.82) is 0 Å². The Kier molecular flexibility index (Phi) is 2.85. The zero-order chi connectivity index (χ0) is 8.27. The number of rotatable bonds is 2. The van der Waals surface area contributed by atoms with E-state index in [0.717, 1.165) is 0 Å². The van der Waals surface area contributed by atoms with Crippen molar-refractivity contribution in [1.82, 2.24) is 0 Å². The molecule has 0 heterocycles. The van der Waals surface area contributed by atoms with E-state index >= 15 is 0 Å². The molecule has 1 rings (SSSR count). The van der Waals surface area contributed by atoms with Crippen LogP contribution in [-0.4, -0.2) is 10.1 Å². The fourth-order valence-corrected chi connectivity index (χ4v) is 0.833. The number of benzene rings is 1. The minimum absolute atomic E-state index is 0.179. The maximum absolute atomic E-state index is 8.87. The number of aromatic hydroxyl groups is 1. The van der Waals surface area contributed by atoms with Gasteiger partial charge in [0.25, 0.3) is 0 Å². The van der Waals surface area contributed by atoms with Crippen LogP contribution in [0.15, 0.2) is 24.3 Å². The predicted octanol–water partition coefficient (Wildman–Crippen LogP) is 2.53. The van der Waals surface area contributed by atoms with Crippen molar-refractivity contribution in [2.24, 2.45) is 0 Å². The van der Waals surface area contributed by atoms with Crippen LogP contribution < -0.4 is 4.74 Å². The SMILES string of the molecule is Oc1ccc(OC(Cl)Cl)cc1. The van der Waals surface area contributed by atoms with Gasteiger partial charge in [-0.25, -0.2) is 0 Å². The van der Waals surface area contributed by atoms with Gasteiger partial charge in [-0.05, 0) is 24.3 Å². The Hall–Kier alpha value is -0.600. The second-order valence-electron chi connectivity index (χ2n) is 1.87. The average molecular weight is 193 g/mol. The van der Waals surface area contributed by atoms with Crippen LogP contribution in [0.5, 0.6) is 11.5 Å². The van der Waals surface area contributed by atoms with Crippen LogP contribution in [0.4, 0.5) is 0 Å². The van der Waals surface area contributed by atoms with E-state index in [2.05, 4.69) is 0 Å². The summed E-state index contributed by atoms with van der Waals surface area (Å²) in [6.07, 6.45) is 0. The van der Waals surface area contributed by atoms with Gasteiger partial charge in [0.1, 0.15) is 11.5 Å². The number of hydrogen-bond donors (Lipinski definition) is 1. The molecule has 60 valence electrons. The molecule has 0 unspecified atom stereocenters. The largest absolute Gasteiger partial charge is 0.508 e. The van der Waals surface area contributed by atoms with E-state index in [4.69, 9.17) is 33.0 Å². The van der Waals surface area contributed by atoms with Crippen LogP contribution in [0.1, 0.15) is 0 Å². The highest BCUT2D eigenvalue weighted by Crippen LogP contribution is 2.18. The molecule has 1 N–H and O–H groups in total. The van der Waals surface area contributed by atoms with E-state index in [9.17, 15) is 0 Å². The summed E-state index contributed by atoms with van der Waals surface area (Å²) in [5.41, 5.74) is 0. The molecule has 2 nitrogen and oxygen atoms in total.